The number of ether oxygens (including phenoxy) is 1. The highest BCUT2D eigenvalue weighted by Crippen LogP contribution is 2.26. The lowest BCUT2D eigenvalue weighted by Gasteiger charge is -2.35. The van der Waals surface area contributed by atoms with Gasteiger partial charge in [-0.25, -0.2) is 8.42 Å². The molecule has 0 aliphatic carbocycles. The van der Waals surface area contributed by atoms with Gasteiger partial charge >= 0.3 is 0 Å². The average Bonchev–Trinajstić information content (AvgIpc) is 2.88. The molecule has 0 amide bonds. The largest absolute Gasteiger partial charge is 0.375 e. The van der Waals surface area contributed by atoms with Crippen LogP contribution in [0.25, 0.3) is 0 Å². The molecule has 114 valence electrons. The monoisotopic (exact) mass is 318 g/mol. The van der Waals surface area contributed by atoms with Crippen molar-refractivity contribution in [3.05, 3.63) is 16.3 Å². The van der Waals surface area contributed by atoms with E-state index in [0.717, 1.165) is 11.4 Å². The van der Waals surface area contributed by atoms with Crippen LogP contribution in [0.2, 0.25) is 0 Å². The van der Waals surface area contributed by atoms with Crippen LogP contribution < -0.4 is 5.32 Å². The Bertz CT molecular complexity index is 542. The van der Waals surface area contributed by atoms with E-state index in [1.165, 1.54) is 11.3 Å². The molecule has 1 N–H and O–H groups in total. The lowest BCUT2D eigenvalue weighted by Crippen LogP contribution is -2.49. The summed E-state index contributed by atoms with van der Waals surface area (Å²) in [5.41, 5.74) is 0. The summed E-state index contributed by atoms with van der Waals surface area (Å²) in [5, 5.41) is 4.94. The second kappa shape index (κ2) is 6.53. The summed E-state index contributed by atoms with van der Waals surface area (Å²) in [7, 11) is -3.41. The molecule has 2 atom stereocenters. The standard InChI is InChI=1S/C13H22N2O3S2/c1-4-14-6-12-5-13(9-19-12)20(16,17)15-7-11(3)18-8-10(15)2/h5,9-11,14H,4,6-8H2,1-3H3. The Morgan fingerprint density at radius 1 is 1.50 bits per heavy atom. The lowest BCUT2D eigenvalue weighted by molar-refractivity contribution is -0.0170. The van der Waals surface area contributed by atoms with Crippen molar-refractivity contribution in [2.45, 2.75) is 44.4 Å². The van der Waals surface area contributed by atoms with Crippen LogP contribution in [0.3, 0.4) is 0 Å². The van der Waals surface area contributed by atoms with Crippen LogP contribution in [0, 0.1) is 0 Å². The van der Waals surface area contributed by atoms with Crippen molar-refractivity contribution >= 4 is 21.4 Å². The molecular weight excluding hydrogens is 296 g/mol. The number of morpholine rings is 1. The zero-order valence-electron chi connectivity index (χ0n) is 12.1. The first-order valence-electron chi connectivity index (χ1n) is 6.86. The van der Waals surface area contributed by atoms with Crippen molar-refractivity contribution in [2.75, 3.05) is 19.7 Å². The van der Waals surface area contributed by atoms with Crippen molar-refractivity contribution in [2.24, 2.45) is 0 Å². The molecule has 1 saturated heterocycles. The van der Waals surface area contributed by atoms with Gasteiger partial charge in [0.15, 0.2) is 0 Å². The Kier molecular flexibility index (Phi) is 5.19. The SMILES string of the molecule is CCNCc1cc(S(=O)(=O)N2CC(C)OCC2C)cs1. The summed E-state index contributed by atoms with van der Waals surface area (Å²) in [4.78, 5) is 1.44. The summed E-state index contributed by atoms with van der Waals surface area (Å²) >= 11 is 1.48. The molecule has 1 aliphatic heterocycles. The molecule has 1 aromatic rings. The van der Waals surface area contributed by atoms with Crippen LogP contribution in [-0.2, 0) is 21.3 Å². The third kappa shape index (κ3) is 3.40. The molecule has 2 heterocycles. The number of hydrogen-bond donors (Lipinski definition) is 1. The molecule has 0 radical (unpaired) electrons. The first-order valence-corrected chi connectivity index (χ1v) is 9.18. The van der Waals surface area contributed by atoms with Gasteiger partial charge in [0.05, 0.1) is 17.6 Å². The molecule has 0 aromatic carbocycles. The van der Waals surface area contributed by atoms with Gasteiger partial charge in [0, 0.05) is 29.4 Å². The molecule has 7 heteroatoms. The van der Waals surface area contributed by atoms with Crippen LogP contribution in [0.15, 0.2) is 16.3 Å². The minimum Gasteiger partial charge on any atom is -0.375 e. The molecule has 0 spiro atoms. The van der Waals surface area contributed by atoms with Gasteiger partial charge in [0.2, 0.25) is 10.0 Å². The minimum absolute atomic E-state index is 0.0548. The Hall–Kier alpha value is -0.470. The van der Waals surface area contributed by atoms with Crippen molar-refractivity contribution in [1.29, 1.82) is 0 Å². The zero-order chi connectivity index (χ0) is 14.8. The van der Waals surface area contributed by atoms with Gasteiger partial charge in [-0.3, -0.25) is 0 Å². The first kappa shape index (κ1) is 15.9. The maximum absolute atomic E-state index is 12.7. The fourth-order valence-corrected chi connectivity index (χ4v) is 5.10. The summed E-state index contributed by atoms with van der Waals surface area (Å²) in [6.07, 6.45) is -0.0548. The molecule has 2 unspecified atom stereocenters. The molecule has 1 aliphatic rings. The lowest BCUT2D eigenvalue weighted by atomic mass is 10.2. The maximum atomic E-state index is 12.7. The van der Waals surface area contributed by atoms with Gasteiger partial charge < -0.3 is 10.1 Å². The first-order chi connectivity index (χ1) is 9.45. The normalized spacial score (nSPS) is 24.9. The highest BCUT2D eigenvalue weighted by atomic mass is 32.2. The summed E-state index contributed by atoms with van der Waals surface area (Å²) in [6, 6.07) is 1.66. The highest BCUT2D eigenvalue weighted by molar-refractivity contribution is 7.89. The van der Waals surface area contributed by atoms with Gasteiger partial charge in [-0.05, 0) is 26.5 Å². The van der Waals surface area contributed by atoms with E-state index in [9.17, 15) is 8.42 Å². The van der Waals surface area contributed by atoms with E-state index >= 15 is 0 Å². The second-order valence-corrected chi connectivity index (χ2v) is 7.98. The van der Waals surface area contributed by atoms with Crippen LogP contribution in [-0.4, -0.2) is 44.6 Å². The maximum Gasteiger partial charge on any atom is 0.244 e. The van der Waals surface area contributed by atoms with Crippen LogP contribution in [0.5, 0.6) is 0 Å². The molecule has 0 bridgehead atoms. The van der Waals surface area contributed by atoms with E-state index in [4.69, 9.17) is 4.74 Å². The minimum atomic E-state index is -3.41. The van der Waals surface area contributed by atoms with E-state index in [1.807, 2.05) is 20.8 Å². The number of hydrogen-bond acceptors (Lipinski definition) is 5. The van der Waals surface area contributed by atoms with Crippen LogP contribution in [0.4, 0.5) is 0 Å². The topological polar surface area (TPSA) is 58.6 Å². The predicted octanol–water partition coefficient (Wildman–Crippen LogP) is 1.66. The zero-order valence-corrected chi connectivity index (χ0v) is 13.8. The molecule has 1 aromatic heterocycles. The van der Waals surface area contributed by atoms with Gasteiger partial charge in [-0.2, -0.15) is 4.31 Å². The summed E-state index contributed by atoms with van der Waals surface area (Å²) in [5.74, 6) is 0. The van der Waals surface area contributed by atoms with Crippen molar-refractivity contribution in [3.8, 4) is 0 Å². The predicted molar refractivity (Wildman–Crippen MR) is 80.5 cm³/mol. The molecule has 5 nitrogen and oxygen atoms in total. The number of sulfonamides is 1. The molecular formula is C13H22N2O3S2. The molecule has 0 saturated carbocycles. The van der Waals surface area contributed by atoms with Gasteiger partial charge in [0.25, 0.3) is 0 Å². The van der Waals surface area contributed by atoms with Crippen LogP contribution >= 0.6 is 11.3 Å². The summed E-state index contributed by atoms with van der Waals surface area (Å²) < 4.78 is 32.4. The van der Waals surface area contributed by atoms with Crippen molar-refractivity contribution < 1.29 is 13.2 Å². The van der Waals surface area contributed by atoms with E-state index in [0.29, 0.717) is 24.6 Å². The fourth-order valence-electron chi connectivity index (χ4n) is 2.18. The number of nitrogens with zero attached hydrogens (tertiary/aromatic N) is 1. The molecule has 2 rings (SSSR count). The van der Waals surface area contributed by atoms with Gasteiger partial charge in [0.1, 0.15) is 0 Å². The molecule has 1 fully saturated rings. The number of nitrogens with one attached hydrogen (secondary N) is 1. The van der Waals surface area contributed by atoms with Crippen LogP contribution in [0.1, 0.15) is 25.6 Å². The van der Waals surface area contributed by atoms with Crippen molar-refractivity contribution in [1.82, 2.24) is 9.62 Å². The Labute approximate surface area is 125 Å². The van der Waals surface area contributed by atoms with Gasteiger partial charge in [-0.15, -0.1) is 11.3 Å². The van der Waals surface area contributed by atoms with Gasteiger partial charge in [-0.1, -0.05) is 6.92 Å². The fraction of sp³-hybridized carbons (Fsp3) is 0.692. The Morgan fingerprint density at radius 3 is 2.95 bits per heavy atom. The number of thiophene rings is 1. The second-order valence-electron chi connectivity index (χ2n) is 5.10. The summed E-state index contributed by atoms with van der Waals surface area (Å²) in [6.45, 7) is 8.27. The van der Waals surface area contributed by atoms with E-state index in [-0.39, 0.29) is 12.1 Å². The Morgan fingerprint density at radius 2 is 2.25 bits per heavy atom. The smallest absolute Gasteiger partial charge is 0.244 e. The Balaban J connectivity index is 2.18. The van der Waals surface area contributed by atoms with Crippen molar-refractivity contribution in [3.63, 3.8) is 0 Å². The third-order valence-corrected chi connectivity index (χ3v) is 6.38. The highest BCUT2D eigenvalue weighted by Gasteiger charge is 2.34. The average molecular weight is 318 g/mol. The van der Waals surface area contributed by atoms with E-state index < -0.39 is 10.0 Å². The van der Waals surface area contributed by atoms with E-state index in [1.54, 1.807) is 15.8 Å². The third-order valence-electron chi connectivity index (χ3n) is 3.34. The molecule has 20 heavy (non-hydrogen) atoms. The number of rotatable bonds is 5. The quantitative estimate of drug-likeness (QED) is 0.897. The van der Waals surface area contributed by atoms with E-state index in [2.05, 4.69) is 5.32 Å².